The van der Waals surface area contributed by atoms with E-state index in [9.17, 15) is 14.4 Å². The van der Waals surface area contributed by atoms with Crippen molar-refractivity contribution in [3.05, 3.63) is 39.4 Å². The van der Waals surface area contributed by atoms with Crippen LogP contribution in [0.4, 0.5) is 0 Å². The molecule has 1 saturated heterocycles. The summed E-state index contributed by atoms with van der Waals surface area (Å²) >= 11 is 12.1. The van der Waals surface area contributed by atoms with Crippen molar-refractivity contribution in [2.75, 3.05) is 0 Å². The Morgan fingerprint density at radius 2 is 1.77 bits per heavy atom. The van der Waals surface area contributed by atoms with Crippen LogP contribution in [0.3, 0.4) is 0 Å². The molecule has 0 aromatic heterocycles. The Kier molecular flexibility index (Phi) is 5.58. The lowest BCUT2D eigenvalue weighted by atomic mass is 9.81. The largest absolute Gasteiger partial charge is 0.479 e. The highest BCUT2D eigenvalue weighted by Gasteiger charge is 2.63. The molecule has 2 aliphatic carbocycles. The number of ether oxygens (including phenoxy) is 1. The number of halogens is 2. The molecule has 0 unspecified atom stereocenters. The van der Waals surface area contributed by atoms with E-state index < -0.39 is 12.0 Å². The van der Waals surface area contributed by atoms with Crippen molar-refractivity contribution in [3.8, 4) is 5.75 Å². The van der Waals surface area contributed by atoms with Gasteiger partial charge in [0.15, 0.2) is 6.10 Å². The van der Waals surface area contributed by atoms with Crippen LogP contribution < -0.4 is 10.2 Å². The lowest BCUT2D eigenvalue weighted by molar-refractivity contribution is -0.151. The van der Waals surface area contributed by atoms with Gasteiger partial charge in [0, 0.05) is 11.1 Å². The normalized spacial score (nSPS) is 28.0. The molecule has 3 amide bonds. The molecular weight excluding hydrogens is 427 g/mol. The van der Waals surface area contributed by atoms with E-state index in [-0.39, 0.29) is 41.2 Å². The summed E-state index contributed by atoms with van der Waals surface area (Å²) < 4.78 is 5.73. The third-order valence-electron chi connectivity index (χ3n) is 6.48. The van der Waals surface area contributed by atoms with E-state index in [1.165, 1.54) is 17.2 Å². The molecule has 1 N–H and O–H groups in total. The first kappa shape index (κ1) is 21.2. The second kappa shape index (κ2) is 7.89. The third kappa shape index (κ3) is 3.30. The summed E-state index contributed by atoms with van der Waals surface area (Å²) in [6.45, 7) is 5.85. The van der Waals surface area contributed by atoms with Crippen molar-refractivity contribution < 1.29 is 19.1 Å². The molecule has 6 nitrogen and oxygen atoms in total. The average Bonchev–Trinajstić information content (AvgIpc) is 3.34. The summed E-state index contributed by atoms with van der Waals surface area (Å²) in [4.78, 5) is 38.9. The van der Waals surface area contributed by atoms with Crippen LogP contribution in [0.15, 0.2) is 29.3 Å². The van der Waals surface area contributed by atoms with E-state index in [4.69, 9.17) is 27.9 Å². The number of nitrogens with one attached hydrogen (secondary N) is 1. The summed E-state index contributed by atoms with van der Waals surface area (Å²) in [5.74, 6) is -1.47. The molecule has 160 valence electrons. The Hall–Kier alpha value is -2.05. The fraction of sp³-hybridized carbons (Fsp3) is 0.500. The number of fused-ring (bicyclic) bond motifs is 5. The number of rotatable bonds is 5. The molecule has 5 atom stereocenters. The molecule has 2 bridgehead atoms. The molecule has 1 aromatic rings. The fourth-order valence-electron chi connectivity index (χ4n) is 5.33. The van der Waals surface area contributed by atoms with Crippen LogP contribution in [0.25, 0.3) is 0 Å². The van der Waals surface area contributed by atoms with E-state index >= 15 is 0 Å². The standard InChI is InChI=1S/C22H24Cl2N2O4/c1-4-15(30-16-9-11(23)5-8-14(16)24)20(27)25-26-21(28)18-12-6-7-13(17(12)10(2)3)19(18)22(26)29/h5,8-9,12-13,15,18-19H,4,6-7H2,1-3H3,(H,25,27)/t12-,13-,15-,18+,19+/m1/s1. The van der Waals surface area contributed by atoms with Crippen LogP contribution in [-0.2, 0) is 14.4 Å². The summed E-state index contributed by atoms with van der Waals surface area (Å²) in [5, 5.41) is 1.66. The monoisotopic (exact) mass is 450 g/mol. The van der Waals surface area contributed by atoms with Gasteiger partial charge in [0.1, 0.15) is 5.75 Å². The van der Waals surface area contributed by atoms with Crippen LogP contribution in [0.5, 0.6) is 5.75 Å². The topological polar surface area (TPSA) is 75.7 Å². The van der Waals surface area contributed by atoms with Crippen molar-refractivity contribution in [2.24, 2.45) is 23.7 Å². The molecule has 3 aliphatic rings. The van der Waals surface area contributed by atoms with Gasteiger partial charge in [0.05, 0.1) is 16.9 Å². The smallest absolute Gasteiger partial charge is 0.279 e. The molecule has 3 fully saturated rings. The van der Waals surface area contributed by atoms with Crippen LogP contribution in [-0.4, -0.2) is 28.8 Å². The first-order chi connectivity index (χ1) is 14.2. The molecule has 0 radical (unpaired) electrons. The van der Waals surface area contributed by atoms with Crippen LogP contribution in [0.1, 0.15) is 40.0 Å². The molecule has 4 rings (SSSR count). The zero-order valence-corrected chi connectivity index (χ0v) is 18.6. The van der Waals surface area contributed by atoms with Crippen LogP contribution in [0, 0.1) is 23.7 Å². The second-order valence-corrected chi connectivity index (χ2v) is 9.22. The summed E-state index contributed by atoms with van der Waals surface area (Å²) in [6, 6.07) is 4.72. The maximum Gasteiger partial charge on any atom is 0.279 e. The fourth-order valence-corrected chi connectivity index (χ4v) is 5.65. The lowest BCUT2D eigenvalue weighted by Crippen LogP contribution is -2.51. The molecule has 30 heavy (non-hydrogen) atoms. The molecule has 2 saturated carbocycles. The van der Waals surface area contributed by atoms with E-state index in [0.29, 0.717) is 16.5 Å². The highest BCUT2D eigenvalue weighted by atomic mass is 35.5. The Labute approximate surface area is 185 Å². The highest BCUT2D eigenvalue weighted by Crippen LogP contribution is 2.59. The minimum atomic E-state index is -0.924. The number of amides is 3. The summed E-state index contributed by atoms with van der Waals surface area (Å²) in [7, 11) is 0. The zero-order valence-electron chi connectivity index (χ0n) is 17.1. The third-order valence-corrected chi connectivity index (χ3v) is 7.02. The maximum atomic E-state index is 13.0. The Morgan fingerprint density at radius 3 is 2.30 bits per heavy atom. The van der Waals surface area contributed by atoms with E-state index in [1.54, 1.807) is 19.1 Å². The number of allylic oxidation sites excluding steroid dienone is 2. The van der Waals surface area contributed by atoms with E-state index in [1.807, 2.05) is 13.8 Å². The van der Waals surface area contributed by atoms with Gasteiger partial charge in [-0.25, -0.2) is 0 Å². The van der Waals surface area contributed by atoms with E-state index in [2.05, 4.69) is 5.43 Å². The molecule has 1 aromatic carbocycles. The lowest BCUT2D eigenvalue weighted by Gasteiger charge is -2.23. The van der Waals surface area contributed by atoms with E-state index in [0.717, 1.165) is 17.9 Å². The van der Waals surface area contributed by atoms with Gasteiger partial charge in [0.25, 0.3) is 17.7 Å². The summed E-state index contributed by atoms with van der Waals surface area (Å²) in [5.41, 5.74) is 4.97. The van der Waals surface area contributed by atoms with Crippen molar-refractivity contribution in [1.29, 1.82) is 0 Å². The zero-order chi connectivity index (χ0) is 21.7. The number of imide groups is 1. The van der Waals surface area contributed by atoms with Gasteiger partial charge >= 0.3 is 0 Å². The predicted octanol–water partition coefficient (Wildman–Crippen LogP) is 4.16. The molecule has 8 heteroatoms. The minimum absolute atomic E-state index is 0.104. The van der Waals surface area contributed by atoms with Gasteiger partial charge in [0.2, 0.25) is 0 Å². The van der Waals surface area contributed by atoms with Crippen LogP contribution in [0.2, 0.25) is 10.0 Å². The van der Waals surface area contributed by atoms with Gasteiger partial charge < -0.3 is 4.74 Å². The number of benzene rings is 1. The Balaban J connectivity index is 1.50. The maximum absolute atomic E-state index is 13.0. The van der Waals surface area contributed by atoms with Gasteiger partial charge in [-0.1, -0.05) is 41.3 Å². The number of hydrazine groups is 1. The minimum Gasteiger partial charge on any atom is -0.479 e. The summed E-state index contributed by atoms with van der Waals surface area (Å²) in [6.07, 6.45) is 1.24. The number of nitrogens with zero attached hydrogens (tertiary/aromatic N) is 1. The van der Waals surface area contributed by atoms with Crippen molar-refractivity contribution in [1.82, 2.24) is 10.4 Å². The Morgan fingerprint density at radius 1 is 1.17 bits per heavy atom. The molecule has 1 heterocycles. The van der Waals surface area contributed by atoms with Crippen molar-refractivity contribution >= 4 is 40.9 Å². The van der Waals surface area contributed by atoms with Gasteiger partial charge in [-0.2, -0.15) is 5.01 Å². The van der Waals surface area contributed by atoms with Gasteiger partial charge in [-0.15, -0.1) is 0 Å². The molecule has 1 aliphatic heterocycles. The molecular formula is C22H24Cl2N2O4. The number of carbonyl (C=O) groups excluding carboxylic acids is 3. The first-order valence-electron chi connectivity index (χ1n) is 10.2. The van der Waals surface area contributed by atoms with Crippen molar-refractivity contribution in [2.45, 2.75) is 46.1 Å². The van der Waals surface area contributed by atoms with Crippen molar-refractivity contribution in [3.63, 3.8) is 0 Å². The predicted molar refractivity (Wildman–Crippen MR) is 113 cm³/mol. The average molecular weight is 451 g/mol. The highest BCUT2D eigenvalue weighted by molar-refractivity contribution is 6.34. The second-order valence-electron chi connectivity index (χ2n) is 8.37. The first-order valence-corrected chi connectivity index (χ1v) is 11.0. The van der Waals surface area contributed by atoms with Gasteiger partial charge in [-0.05, 0) is 57.1 Å². The Bertz CT molecular complexity index is 924. The van der Waals surface area contributed by atoms with Crippen LogP contribution >= 0.6 is 23.2 Å². The number of hydrogen-bond acceptors (Lipinski definition) is 4. The SMILES string of the molecule is CC[C@@H](Oc1cc(Cl)ccc1Cl)C(=O)NN1C(=O)[C@@H]2[C@@H](C1=O)[C@@H]1CC[C@@H]2C1=C(C)C. The quantitative estimate of drug-likeness (QED) is 0.539. The number of carbonyl (C=O) groups is 3. The number of hydrogen-bond donors (Lipinski definition) is 1. The molecule has 0 spiro atoms. The van der Waals surface area contributed by atoms with Gasteiger partial charge in [-0.3, -0.25) is 19.8 Å².